The van der Waals surface area contributed by atoms with Gasteiger partial charge in [-0.1, -0.05) is 0 Å². The van der Waals surface area contributed by atoms with E-state index in [9.17, 15) is 0 Å². The Kier molecular flexibility index (Phi) is 42.0. The van der Waals surface area contributed by atoms with Gasteiger partial charge in [-0.25, -0.2) is 0 Å². The summed E-state index contributed by atoms with van der Waals surface area (Å²) in [4.78, 5) is 0. The van der Waals surface area contributed by atoms with Crippen LogP contribution in [0.1, 0.15) is 13.3 Å². The van der Waals surface area contributed by atoms with Crippen LogP contribution in [0.15, 0.2) is 0 Å². The van der Waals surface area contributed by atoms with Crippen molar-refractivity contribution in [2.24, 2.45) is 0 Å². The predicted octanol–water partition coefficient (Wildman–Crippen LogP) is 1.29. The minimum atomic E-state index is 0. The third kappa shape index (κ3) is 18.0. The largest absolute Gasteiger partial charge is 0.147 e. The fourth-order valence-electron chi connectivity index (χ4n) is 0. The summed E-state index contributed by atoms with van der Waals surface area (Å²) >= 11 is 0.985. The van der Waals surface area contributed by atoms with Gasteiger partial charge in [0.05, 0.1) is 0 Å². The molecule has 0 fully saturated rings. The van der Waals surface area contributed by atoms with Crippen molar-refractivity contribution < 1.29 is 0 Å². The van der Waals surface area contributed by atoms with Gasteiger partial charge in [0.1, 0.15) is 0 Å². The van der Waals surface area contributed by atoms with Crippen LogP contribution in [-0.4, -0.2) is 24.4 Å². The van der Waals surface area contributed by atoms with Gasteiger partial charge in [-0.05, 0) is 0 Å². The standard InChI is InChI=1S/C3H7.2ClH.In.2H/c1-3-2;;;;;/h1,3H2,2H3;2*1H;;;. The first-order valence-electron chi connectivity index (χ1n) is 1.91. The first kappa shape index (κ1) is 15.7. The van der Waals surface area contributed by atoms with Gasteiger partial charge in [-0.15, -0.1) is 24.8 Å². The second-order valence-corrected chi connectivity index (χ2v) is 3.85. The van der Waals surface area contributed by atoms with Crippen molar-refractivity contribution in [2.75, 3.05) is 0 Å². The average molecular weight is 233 g/mol. The summed E-state index contributed by atoms with van der Waals surface area (Å²) in [6, 6.07) is 0. The van der Waals surface area contributed by atoms with E-state index in [2.05, 4.69) is 6.92 Å². The second kappa shape index (κ2) is 16.1. The van der Waals surface area contributed by atoms with Crippen molar-refractivity contribution in [2.45, 2.75) is 17.5 Å². The van der Waals surface area contributed by atoms with E-state index in [1.165, 1.54) is 10.6 Å². The maximum Gasteiger partial charge on any atom is -0.147 e. The van der Waals surface area contributed by atoms with Gasteiger partial charge in [0.2, 0.25) is 0 Å². The van der Waals surface area contributed by atoms with Crippen LogP contribution in [0, 0.1) is 0 Å². The maximum atomic E-state index is 2.23. The van der Waals surface area contributed by atoms with Crippen molar-refractivity contribution in [3.8, 4) is 0 Å². The smallest absolute Gasteiger partial charge is 0.147 e. The molecule has 0 aliphatic carbocycles. The van der Waals surface area contributed by atoms with Crippen LogP contribution < -0.4 is 0 Å². The number of hydrogen-bond donors (Lipinski definition) is 0. The molecule has 0 radical (unpaired) electrons. The zero-order valence-electron chi connectivity index (χ0n) is 4.23. The van der Waals surface area contributed by atoms with Gasteiger partial charge in [0, 0.05) is 0 Å². The molecule has 0 bridgehead atoms. The Morgan fingerprint density at radius 1 is 1.33 bits per heavy atom. The molecule has 0 saturated heterocycles. The summed E-state index contributed by atoms with van der Waals surface area (Å²) in [6.45, 7) is 2.23. The summed E-state index contributed by atoms with van der Waals surface area (Å²) in [6.07, 6.45) is 1.41. The first-order chi connectivity index (χ1) is 1.91. The summed E-state index contributed by atoms with van der Waals surface area (Å²) in [7, 11) is 0. The molecule has 3 heteroatoms. The molecule has 0 amide bonds. The van der Waals surface area contributed by atoms with Crippen LogP contribution in [0.4, 0.5) is 0 Å². The molecule has 40 valence electrons. The van der Waals surface area contributed by atoms with Crippen LogP contribution >= 0.6 is 24.8 Å². The Hall–Kier alpha value is 1.45. The van der Waals surface area contributed by atoms with Crippen molar-refractivity contribution in [1.29, 1.82) is 0 Å². The Bertz CT molecular complexity index is 10.8. The molecule has 0 aliphatic heterocycles. The van der Waals surface area contributed by atoms with Gasteiger partial charge in [0.25, 0.3) is 0 Å². The topological polar surface area (TPSA) is 0 Å². The van der Waals surface area contributed by atoms with Gasteiger partial charge in [0.15, 0.2) is 0 Å². The summed E-state index contributed by atoms with van der Waals surface area (Å²) in [5.74, 6) is 0. The minimum Gasteiger partial charge on any atom is -0.147 e. The van der Waals surface area contributed by atoms with Crippen LogP contribution in [0.3, 0.4) is 0 Å². The first-order valence-corrected chi connectivity index (χ1v) is 5.95. The van der Waals surface area contributed by atoms with E-state index in [1.807, 2.05) is 0 Å². The van der Waals surface area contributed by atoms with E-state index in [-0.39, 0.29) is 24.8 Å². The van der Waals surface area contributed by atoms with Crippen LogP contribution in [0.5, 0.6) is 0 Å². The number of hydrogen-bond acceptors (Lipinski definition) is 0. The molecule has 0 aromatic carbocycles. The summed E-state index contributed by atoms with van der Waals surface area (Å²) in [5, 5.41) is 0. The molecule has 0 spiro atoms. The summed E-state index contributed by atoms with van der Waals surface area (Å²) in [5.41, 5.74) is 0. The minimum absolute atomic E-state index is 0. The molecule has 0 aromatic heterocycles. The Morgan fingerprint density at radius 2 is 1.50 bits per heavy atom. The van der Waals surface area contributed by atoms with Gasteiger partial charge < -0.3 is 0 Å². The molecule has 6 heavy (non-hydrogen) atoms. The van der Waals surface area contributed by atoms with E-state index < -0.39 is 0 Å². The molecule has 0 aliphatic rings. The number of rotatable bonds is 1. The van der Waals surface area contributed by atoms with Crippen LogP contribution in [0.2, 0.25) is 4.18 Å². The van der Waals surface area contributed by atoms with Gasteiger partial charge >= 0.3 is 41.9 Å². The fraction of sp³-hybridized carbons (Fsp3) is 1.00. The third-order valence-electron chi connectivity index (χ3n) is 0.500. The van der Waals surface area contributed by atoms with E-state index in [0.29, 0.717) is 0 Å². The van der Waals surface area contributed by atoms with Crippen molar-refractivity contribution >= 4 is 49.2 Å². The monoisotopic (exact) mass is 232 g/mol. The second-order valence-electron chi connectivity index (χ2n) is 1.000. The third-order valence-corrected chi connectivity index (χ3v) is 3.35. The van der Waals surface area contributed by atoms with Crippen LogP contribution in [-0.2, 0) is 0 Å². The molecule has 0 nitrogen and oxygen atoms in total. The Labute approximate surface area is 66.5 Å². The zero-order chi connectivity index (χ0) is 3.41. The van der Waals surface area contributed by atoms with E-state index in [0.717, 1.165) is 24.4 Å². The quantitative estimate of drug-likeness (QED) is 0.640. The Morgan fingerprint density at radius 3 is 1.50 bits per heavy atom. The molecular weight excluding hydrogens is 222 g/mol. The zero-order valence-corrected chi connectivity index (χ0v) is 11.6. The van der Waals surface area contributed by atoms with Crippen molar-refractivity contribution in [3.05, 3.63) is 0 Å². The fourth-order valence-corrected chi connectivity index (χ4v) is 0. The van der Waals surface area contributed by atoms with Crippen molar-refractivity contribution in [3.63, 3.8) is 0 Å². The SMILES string of the molecule is CC[CH2][InH2].Cl.Cl. The van der Waals surface area contributed by atoms with Crippen molar-refractivity contribution in [1.82, 2.24) is 0 Å². The summed E-state index contributed by atoms with van der Waals surface area (Å²) < 4.78 is 1.53. The maximum absolute atomic E-state index is 2.23. The molecule has 0 unspecified atom stereocenters. The van der Waals surface area contributed by atoms with Gasteiger partial charge in [-0.2, -0.15) is 0 Å². The van der Waals surface area contributed by atoms with E-state index >= 15 is 0 Å². The molecule has 0 saturated carbocycles. The van der Waals surface area contributed by atoms with E-state index in [4.69, 9.17) is 0 Å². The molecule has 0 N–H and O–H groups in total. The van der Waals surface area contributed by atoms with Gasteiger partial charge in [-0.3, -0.25) is 0 Å². The molecular formula is C3H11Cl2In. The number of halogens is 2. The molecule has 0 heterocycles. The Balaban J connectivity index is -0.0000000450. The normalized spacial score (nSPS) is 4.83. The molecule has 0 aromatic rings. The van der Waals surface area contributed by atoms with Crippen LogP contribution in [0.25, 0.3) is 0 Å². The molecule has 0 atom stereocenters. The average Bonchev–Trinajstić information content (AvgIpc) is 1.37. The predicted molar refractivity (Wildman–Crippen MR) is 38.1 cm³/mol. The molecule has 0 rings (SSSR count). The van der Waals surface area contributed by atoms with E-state index in [1.54, 1.807) is 0 Å².